The van der Waals surface area contributed by atoms with Gasteiger partial charge >= 0.3 is 0 Å². The van der Waals surface area contributed by atoms with E-state index >= 15 is 0 Å². The first kappa shape index (κ1) is 18.2. The van der Waals surface area contributed by atoms with E-state index in [1.165, 1.54) is 12.1 Å². The first-order chi connectivity index (χ1) is 13.5. The van der Waals surface area contributed by atoms with E-state index in [9.17, 15) is 9.18 Å². The van der Waals surface area contributed by atoms with Gasteiger partial charge in [-0.25, -0.2) is 14.4 Å². The molecule has 144 valence electrons. The van der Waals surface area contributed by atoms with Crippen LogP contribution in [0.15, 0.2) is 42.7 Å². The number of hydrogen-bond acceptors (Lipinski definition) is 6. The number of fused-ring (bicyclic) bond motifs is 1. The summed E-state index contributed by atoms with van der Waals surface area (Å²) in [6.07, 6.45) is 4.08. The van der Waals surface area contributed by atoms with Crippen molar-refractivity contribution >= 4 is 22.6 Å². The normalized spacial score (nSPS) is 16.8. The summed E-state index contributed by atoms with van der Waals surface area (Å²) in [5, 5.41) is 0.623. The Morgan fingerprint density at radius 2 is 2.18 bits per heavy atom. The molecule has 1 fully saturated rings. The Hall–Kier alpha value is -3.13. The molecule has 1 aromatic carbocycles. The van der Waals surface area contributed by atoms with Crippen LogP contribution in [0.5, 0.6) is 0 Å². The van der Waals surface area contributed by atoms with Gasteiger partial charge in [-0.1, -0.05) is 6.07 Å². The van der Waals surface area contributed by atoms with Crippen LogP contribution in [0.4, 0.5) is 10.2 Å². The van der Waals surface area contributed by atoms with Gasteiger partial charge in [-0.2, -0.15) is 0 Å². The van der Waals surface area contributed by atoms with Gasteiger partial charge in [0.2, 0.25) is 0 Å². The van der Waals surface area contributed by atoms with E-state index in [0.29, 0.717) is 47.7 Å². The third-order valence-corrected chi connectivity index (χ3v) is 5.09. The number of pyridine rings is 1. The number of amides is 1. The van der Waals surface area contributed by atoms with E-state index in [1.54, 1.807) is 35.5 Å². The SMILES string of the molecule is CN(Cc1nccc(N)n1)[C@H]1CCN(C(=O)c2cc(F)cc3cccnc23)C1. The van der Waals surface area contributed by atoms with Crippen molar-refractivity contribution in [1.29, 1.82) is 0 Å². The average Bonchev–Trinajstić information content (AvgIpc) is 3.17. The first-order valence-electron chi connectivity index (χ1n) is 9.12. The predicted molar refractivity (Wildman–Crippen MR) is 104 cm³/mol. The van der Waals surface area contributed by atoms with Crippen molar-refractivity contribution in [2.24, 2.45) is 0 Å². The number of benzene rings is 1. The molecule has 1 aliphatic rings. The molecule has 2 aromatic heterocycles. The molecule has 3 aromatic rings. The van der Waals surface area contributed by atoms with E-state index in [-0.39, 0.29) is 11.9 Å². The summed E-state index contributed by atoms with van der Waals surface area (Å²) in [5.74, 6) is 0.453. The lowest BCUT2D eigenvalue weighted by Crippen LogP contribution is -2.36. The van der Waals surface area contributed by atoms with Crippen LogP contribution in [-0.2, 0) is 6.54 Å². The molecule has 8 heteroatoms. The van der Waals surface area contributed by atoms with Crippen LogP contribution in [-0.4, -0.2) is 56.8 Å². The Balaban J connectivity index is 1.49. The zero-order chi connectivity index (χ0) is 19.7. The Bertz CT molecular complexity index is 1030. The van der Waals surface area contributed by atoms with E-state index in [1.807, 2.05) is 7.05 Å². The molecule has 0 saturated carbocycles. The van der Waals surface area contributed by atoms with Crippen molar-refractivity contribution in [3.63, 3.8) is 0 Å². The van der Waals surface area contributed by atoms with Gasteiger partial charge in [-0.15, -0.1) is 0 Å². The van der Waals surface area contributed by atoms with Crippen LogP contribution >= 0.6 is 0 Å². The van der Waals surface area contributed by atoms with Gasteiger partial charge in [0.25, 0.3) is 5.91 Å². The quantitative estimate of drug-likeness (QED) is 0.746. The van der Waals surface area contributed by atoms with Crippen molar-refractivity contribution in [3.05, 3.63) is 59.9 Å². The zero-order valence-corrected chi connectivity index (χ0v) is 15.5. The highest BCUT2D eigenvalue weighted by molar-refractivity contribution is 6.05. The molecule has 1 saturated heterocycles. The summed E-state index contributed by atoms with van der Waals surface area (Å²) < 4.78 is 14.0. The number of aromatic nitrogens is 3. The first-order valence-corrected chi connectivity index (χ1v) is 9.12. The molecule has 0 unspecified atom stereocenters. The number of halogens is 1. The minimum Gasteiger partial charge on any atom is -0.384 e. The van der Waals surface area contributed by atoms with Crippen LogP contribution in [0.25, 0.3) is 10.9 Å². The standard InChI is InChI=1S/C20H21FN6O/c1-26(12-18-23-7-4-17(22)25-18)15-5-8-27(11-15)20(28)16-10-14(21)9-13-3-2-6-24-19(13)16/h2-4,6-7,9-10,15H,5,8,11-12H2,1H3,(H2,22,23,25)/t15-/m0/s1. The Morgan fingerprint density at radius 3 is 3.00 bits per heavy atom. The smallest absolute Gasteiger partial charge is 0.256 e. The minimum absolute atomic E-state index is 0.168. The molecule has 0 spiro atoms. The maximum absolute atomic E-state index is 14.0. The van der Waals surface area contributed by atoms with Crippen LogP contribution < -0.4 is 5.73 Å². The molecule has 1 aliphatic heterocycles. The predicted octanol–water partition coefficient (Wildman–Crippen LogP) is 2.09. The number of carbonyl (C=O) groups excluding carboxylic acids is 1. The molecule has 2 N–H and O–H groups in total. The van der Waals surface area contributed by atoms with Gasteiger partial charge < -0.3 is 10.6 Å². The fourth-order valence-electron chi connectivity index (χ4n) is 3.62. The Morgan fingerprint density at radius 1 is 1.32 bits per heavy atom. The molecule has 4 rings (SSSR count). The monoisotopic (exact) mass is 380 g/mol. The van der Waals surface area contributed by atoms with Gasteiger partial charge in [0.05, 0.1) is 17.6 Å². The summed E-state index contributed by atoms with van der Waals surface area (Å²) in [6, 6.07) is 7.97. The lowest BCUT2D eigenvalue weighted by molar-refractivity contribution is 0.0780. The summed E-state index contributed by atoms with van der Waals surface area (Å²) >= 11 is 0. The number of rotatable bonds is 4. The van der Waals surface area contributed by atoms with Crippen LogP contribution in [0.2, 0.25) is 0 Å². The second kappa shape index (κ2) is 7.47. The number of anilines is 1. The number of nitrogens with zero attached hydrogens (tertiary/aromatic N) is 5. The molecule has 0 aliphatic carbocycles. The maximum atomic E-state index is 14.0. The van der Waals surface area contributed by atoms with Crippen LogP contribution in [0.1, 0.15) is 22.6 Å². The fourth-order valence-corrected chi connectivity index (χ4v) is 3.62. The highest BCUT2D eigenvalue weighted by atomic mass is 19.1. The van der Waals surface area contributed by atoms with Gasteiger partial charge in [0.1, 0.15) is 17.5 Å². The topological polar surface area (TPSA) is 88.2 Å². The fraction of sp³-hybridized carbons (Fsp3) is 0.300. The number of carbonyl (C=O) groups is 1. The van der Waals surface area contributed by atoms with Gasteiger partial charge in [0.15, 0.2) is 0 Å². The van der Waals surface area contributed by atoms with Gasteiger partial charge in [0, 0.05) is 36.9 Å². The second-order valence-electron chi connectivity index (χ2n) is 7.03. The third-order valence-electron chi connectivity index (χ3n) is 5.09. The van der Waals surface area contributed by atoms with Crippen molar-refractivity contribution < 1.29 is 9.18 Å². The maximum Gasteiger partial charge on any atom is 0.256 e. The Kier molecular flexibility index (Phi) is 4.87. The van der Waals surface area contributed by atoms with E-state index in [2.05, 4.69) is 19.9 Å². The number of nitrogen functional groups attached to an aromatic ring is 1. The number of hydrogen-bond donors (Lipinski definition) is 1. The van der Waals surface area contributed by atoms with E-state index in [4.69, 9.17) is 5.73 Å². The van der Waals surface area contributed by atoms with E-state index in [0.717, 1.165) is 6.42 Å². The average molecular weight is 380 g/mol. The molecule has 1 amide bonds. The van der Waals surface area contributed by atoms with Gasteiger partial charge in [-0.05, 0) is 37.7 Å². The molecule has 0 bridgehead atoms. The summed E-state index contributed by atoms with van der Waals surface area (Å²) in [6.45, 7) is 1.71. The van der Waals surface area contributed by atoms with Crippen molar-refractivity contribution in [1.82, 2.24) is 24.8 Å². The molecule has 28 heavy (non-hydrogen) atoms. The molecule has 0 radical (unpaired) electrons. The number of nitrogens with two attached hydrogens (primary N) is 1. The molecule has 3 heterocycles. The second-order valence-corrected chi connectivity index (χ2v) is 7.03. The van der Waals surface area contributed by atoms with Crippen molar-refractivity contribution in [2.75, 3.05) is 25.9 Å². The summed E-state index contributed by atoms with van der Waals surface area (Å²) in [4.78, 5) is 29.7. The van der Waals surface area contributed by atoms with Crippen molar-refractivity contribution in [3.8, 4) is 0 Å². The minimum atomic E-state index is -0.435. The largest absolute Gasteiger partial charge is 0.384 e. The summed E-state index contributed by atoms with van der Waals surface area (Å²) in [5.41, 5.74) is 6.54. The lowest BCUT2D eigenvalue weighted by atomic mass is 10.1. The number of likely N-dealkylation sites (tertiary alicyclic amines) is 1. The lowest BCUT2D eigenvalue weighted by Gasteiger charge is -2.24. The third kappa shape index (κ3) is 3.63. The molecule has 1 atom stereocenters. The highest BCUT2D eigenvalue weighted by Gasteiger charge is 2.30. The molecular formula is C20H21FN6O. The van der Waals surface area contributed by atoms with Crippen LogP contribution in [0.3, 0.4) is 0 Å². The summed E-state index contributed by atoms with van der Waals surface area (Å²) in [7, 11) is 1.98. The van der Waals surface area contributed by atoms with Crippen LogP contribution in [0, 0.1) is 5.82 Å². The Labute approximate surface area is 162 Å². The zero-order valence-electron chi connectivity index (χ0n) is 15.5. The van der Waals surface area contributed by atoms with Gasteiger partial charge in [-0.3, -0.25) is 14.7 Å². The number of likely N-dealkylation sites (N-methyl/N-ethyl adjacent to an activating group) is 1. The molecule has 7 nitrogen and oxygen atoms in total. The van der Waals surface area contributed by atoms with E-state index < -0.39 is 5.82 Å². The van der Waals surface area contributed by atoms with Crippen molar-refractivity contribution in [2.45, 2.75) is 19.0 Å². The molecular weight excluding hydrogens is 359 g/mol. The highest BCUT2D eigenvalue weighted by Crippen LogP contribution is 2.23.